The number of carbonyl (C=O) groups excluding carboxylic acids is 1. The summed E-state index contributed by atoms with van der Waals surface area (Å²) in [7, 11) is 0. The van der Waals surface area contributed by atoms with E-state index in [1.54, 1.807) is 12.1 Å². The van der Waals surface area contributed by atoms with E-state index in [1.165, 1.54) is 17.7 Å². The van der Waals surface area contributed by atoms with Crippen LogP contribution in [-0.4, -0.2) is 28.1 Å². The van der Waals surface area contributed by atoms with E-state index in [-0.39, 0.29) is 29.2 Å². The van der Waals surface area contributed by atoms with Crippen molar-refractivity contribution in [2.75, 3.05) is 4.90 Å². The van der Waals surface area contributed by atoms with Crippen LogP contribution in [0.25, 0.3) is 5.57 Å². The highest BCUT2D eigenvalue weighted by Crippen LogP contribution is 2.48. The molecule has 3 atom stereocenters. The van der Waals surface area contributed by atoms with E-state index in [1.807, 2.05) is 59.3 Å². The summed E-state index contributed by atoms with van der Waals surface area (Å²) >= 11 is 0. The molecule has 222 valence electrons. The van der Waals surface area contributed by atoms with Gasteiger partial charge in [-0.3, -0.25) is 14.9 Å². The molecule has 0 fully saturated rings. The maximum absolute atomic E-state index is 13.7. The highest BCUT2D eigenvalue weighted by Gasteiger charge is 2.50. The third-order valence-electron chi connectivity index (χ3n) is 8.64. The molecule has 4 aromatic carbocycles. The van der Waals surface area contributed by atoms with E-state index in [4.69, 9.17) is 0 Å². The number of hydrogen-bond donors (Lipinski definition) is 1. The van der Waals surface area contributed by atoms with Gasteiger partial charge >= 0.3 is 0 Å². The van der Waals surface area contributed by atoms with Crippen molar-refractivity contribution >= 4 is 46.0 Å². The van der Waals surface area contributed by atoms with Crippen LogP contribution in [0.15, 0.2) is 103 Å². The van der Waals surface area contributed by atoms with Gasteiger partial charge in [-0.2, -0.15) is 4.58 Å². The molecule has 0 saturated carbocycles. The van der Waals surface area contributed by atoms with Crippen LogP contribution in [0.5, 0.6) is 0 Å². The third-order valence-corrected chi connectivity index (χ3v) is 8.64. The summed E-state index contributed by atoms with van der Waals surface area (Å²) in [6, 6.07) is 30.8. The second-order valence-electron chi connectivity index (χ2n) is 12.2. The number of benzene rings is 4. The Morgan fingerprint density at radius 1 is 0.886 bits per heavy atom. The molecule has 44 heavy (non-hydrogen) atoms. The van der Waals surface area contributed by atoms with Gasteiger partial charge in [0.25, 0.3) is 5.69 Å². The lowest BCUT2D eigenvalue weighted by Gasteiger charge is -2.33. The molecule has 0 bridgehead atoms. The van der Waals surface area contributed by atoms with Gasteiger partial charge < -0.3 is 10.0 Å². The molecule has 0 saturated heterocycles. The van der Waals surface area contributed by atoms with Crippen LogP contribution in [0, 0.1) is 28.9 Å². The normalized spacial score (nSPS) is 18.1. The second-order valence-corrected chi connectivity index (χ2v) is 12.2. The van der Waals surface area contributed by atoms with Crippen molar-refractivity contribution in [1.82, 2.24) is 4.58 Å². The van der Waals surface area contributed by atoms with Crippen molar-refractivity contribution in [3.8, 4) is 0 Å². The zero-order valence-electron chi connectivity index (χ0n) is 25.3. The zero-order chi connectivity index (χ0) is 31.1. The number of para-hydroxylation sites is 1. The number of hydrogen-bond acceptors (Lipinski definition) is 5. The fraction of sp³-hybridized carbons (Fsp3) is 0.243. The number of carbonyl (C=O) groups is 1. The molecule has 2 aliphatic rings. The van der Waals surface area contributed by atoms with Gasteiger partial charge in [0.2, 0.25) is 11.4 Å². The third kappa shape index (κ3) is 5.19. The summed E-state index contributed by atoms with van der Waals surface area (Å²) in [6.45, 7) is 8.77. The van der Waals surface area contributed by atoms with Gasteiger partial charge in [0.15, 0.2) is 12.0 Å². The molecule has 1 aliphatic carbocycles. The number of ketones is 1. The summed E-state index contributed by atoms with van der Waals surface area (Å²) in [4.78, 5) is 26.7. The Hall–Kier alpha value is -5.04. The molecule has 4 aromatic rings. The van der Waals surface area contributed by atoms with Crippen molar-refractivity contribution in [2.24, 2.45) is 11.8 Å². The van der Waals surface area contributed by atoms with E-state index in [0.717, 1.165) is 34.7 Å². The summed E-state index contributed by atoms with van der Waals surface area (Å²) in [5, 5.41) is 22.5. The summed E-state index contributed by atoms with van der Waals surface area (Å²) < 4.78 is 1.94. The number of nitro benzene ring substituents is 1. The predicted octanol–water partition coefficient (Wildman–Crippen LogP) is 8.65. The SMILES string of the molecule is Cc1ccc(N(c2ccc(C3=C(O)C(C4C=[N+](c5ccc([N+](=O)[O-])cc5)c5ccccc54)C3=O)cc2)C(C)CC(C)C)cc1. The van der Waals surface area contributed by atoms with Crippen molar-refractivity contribution < 1.29 is 14.8 Å². The minimum absolute atomic E-state index is 0.0135. The summed E-state index contributed by atoms with van der Waals surface area (Å²) in [5.41, 5.74) is 7.00. The molecule has 0 spiro atoms. The molecule has 0 amide bonds. The summed E-state index contributed by atoms with van der Waals surface area (Å²) in [5.74, 6) is -0.513. The van der Waals surface area contributed by atoms with E-state index in [9.17, 15) is 20.0 Å². The number of fused-ring (bicyclic) bond motifs is 1. The zero-order valence-corrected chi connectivity index (χ0v) is 25.3. The number of rotatable bonds is 9. The molecule has 1 heterocycles. The molecule has 7 heteroatoms. The standard InChI is InChI=1S/C37H35N3O4/c1-23(2)21-25(4)39(28-13-9-24(3)10-14-28)29-15-11-26(12-16-29)34-36(41)35(37(34)42)32-22-38(33-8-6-5-7-31(32)33)27-17-19-30(20-18-27)40(43)44/h5-20,22-23,25,32,35H,21H2,1-4H3/p+1. The Morgan fingerprint density at radius 3 is 2.09 bits per heavy atom. The molecule has 0 radical (unpaired) electrons. The first-order valence-electron chi connectivity index (χ1n) is 15.1. The molecule has 1 N–H and O–H groups in total. The Bertz CT molecular complexity index is 1790. The van der Waals surface area contributed by atoms with Crippen LogP contribution < -0.4 is 9.48 Å². The van der Waals surface area contributed by atoms with E-state index < -0.39 is 10.8 Å². The van der Waals surface area contributed by atoms with Crippen molar-refractivity contribution in [3.05, 3.63) is 130 Å². The van der Waals surface area contributed by atoms with Gasteiger partial charge in [0.1, 0.15) is 5.76 Å². The van der Waals surface area contributed by atoms with Gasteiger partial charge in [-0.1, -0.05) is 61.9 Å². The largest absolute Gasteiger partial charge is 0.511 e. The highest BCUT2D eigenvalue weighted by atomic mass is 16.6. The van der Waals surface area contributed by atoms with E-state index >= 15 is 0 Å². The van der Waals surface area contributed by atoms with Crippen LogP contribution in [-0.2, 0) is 4.79 Å². The average molecular weight is 587 g/mol. The van der Waals surface area contributed by atoms with Crippen LogP contribution >= 0.6 is 0 Å². The van der Waals surface area contributed by atoms with Gasteiger partial charge in [-0.05, 0) is 56.0 Å². The van der Waals surface area contributed by atoms with E-state index in [0.29, 0.717) is 17.1 Å². The first kappa shape index (κ1) is 29.1. The minimum Gasteiger partial charge on any atom is -0.511 e. The highest BCUT2D eigenvalue weighted by molar-refractivity contribution is 6.30. The number of aliphatic hydroxyl groups is 1. The Labute approximate surface area is 257 Å². The lowest BCUT2D eigenvalue weighted by atomic mass is 9.70. The molecule has 0 aromatic heterocycles. The Balaban J connectivity index is 1.30. The minimum atomic E-state index is -0.691. The molecule has 7 nitrogen and oxygen atoms in total. The predicted molar refractivity (Wildman–Crippen MR) is 177 cm³/mol. The maximum atomic E-state index is 13.7. The summed E-state index contributed by atoms with van der Waals surface area (Å²) in [6.07, 6.45) is 2.96. The fourth-order valence-electron chi connectivity index (χ4n) is 6.58. The number of Topliss-reactive ketones (excluding diaryl/α,β-unsaturated/α-hetero) is 1. The number of nitro groups is 1. The average Bonchev–Trinajstić information content (AvgIpc) is 3.37. The Kier molecular flexibility index (Phi) is 7.64. The number of allylic oxidation sites excluding steroid dienone is 2. The smallest absolute Gasteiger partial charge is 0.269 e. The Morgan fingerprint density at radius 2 is 1.50 bits per heavy atom. The van der Waals surface area contributed by atoms with Crippen molar-refractivity contribution in [2.45, 2.75) is 46.1 Å². The van der Waals surface area contributed by atoms with Crippen LogP contribution in [0.2, 0.25) is 0 Å². The van der Waals surface area contributed by atoms with Gasteiger partial charge in [-0.25, -0.2) is 0 Å². The lowest BCUT2D eigenvalue weighted by molar-refractivity contribution is -0.384. The fourth-order valence-corrected chi connectivity index (χ4v) is 6.58. The van der Waals surface area contributed by atoms with Crippen molar-refractivity contribution in [1.29, 1.82) is 0 Å². The van der Waals surface area contributed by atoms with Crippen LogP contribution in [0.3, 0.4) is 0 Å². The lowest BCUT2D eigenvalue weighted by Crippen LogP contribution is -2.35. The number of non-ortho nitro benzene ring substituents is 1. The molecule has 3 unspecified atom stereocenters. The first-order valence-corrected chi connectivity index (χ1v) is 15.1. The van der Waals surface area contributed by atoms with Gasteiger partial charge in [-0.15, -0.1) is 0 Å². The molecule has 6 rings (SSSR count). The maximum Gasteiger partial charge on any atom is 0.269 e. The second kappa shape index (κ2) is 11.6. The molecular formula is C37H36N3O4+. The first-order chi connectivity index (χ1) is 21.1. The van der Waals surface area contributed by atoms with Gasteiger partial charge in [0, 0.05) is 53.3 Å². The molecule has 1 aliphatic heterocycles. The van der Waals surface area contributed by atoms with Crippen LogP contribution in [0.1, 0.15) is 49.8 Å². The monoisotopic (exact) mass is 586 g/mol. The number of anilines is 2. The number of aliphatic hydroxyl groups excluding tert-OH is 1. The molecular weight excluding hydrogens is 550 g/mol. The van der Waals surface area contributed by atoms with E-state index in [2.05, 4.69) is 56.9 Å². The van der Waals surface area contributed by atoms with Gasteiger partial charge in [0.05, 0.1) is 22.3 Å². The number of aryl methyl sites for hydroxylation is 1. The topological polar surface area (TPSA) is 86.7 Å². The van der Waals surface area contributed by atoms with Crippen LogP contribution in [0.4, 0.5) is 28.4 Å². The number of nitrogens with zero attached hydrogens (tertiary/aromatic N) is 3. The quantitative estimate of drug-likeness (QED) is 0.120. The van der Waals surface area contributed by atoms with Crippen molar-refractivity contribution in [3.63, 3.8) is 0 Å².